The van der Waals surface area contributed by atoms with E-state index in [4.69, 9.17) is 9.84 Å². The number of benzene rings is 3. The zero-order valence-electron chi connectivity index (χ0n) is 13.5. The Balaban J connectivity index is 1.56. The molecule has 2 aliphatic rings. The summed E-state index contributed by atoms with van der Waals surface area (Å²) in [7, 11) is 0. The fraction of sp³-hybridized carbons (Fsp3) is 0.190. The van der Waals surface area contributed by atoms with Gasteiger partial charge in [0.2, 0.25) is 0 Å². The highest BCUT2D eigenvalue weighted by Crippen LogP contribution is 2.42. The number of nitrogens with zero attached hydrogens (tertiary/aromatic N) is 2. The molecule has 3 aromatic rings. The summed E-state index contributed by atoms with van der Waals surface area (Å²) in [6.45, 7) is 2.07. The number of para-hydroxylation sites is 1. The lowest BCUT2D eigenvalue weighted by Gasteiger charge is -2.36. The molecule has 0 radical (unpaired) electrons. The van der Waals surface area contributed by atoms with Crippen molar-refractivity contribution in [1.29, 1.82) is 0 Å². The molecule has 0 N–H and O–H groups in total. The average molecular weight is 314 g/mol. The van der Waals surface area contributed by atoms with E-state index in [2.05, 4.69) is 72.6 Å². The van der Waals surface area contributed by atoms with Gasteiger partial charge in [0.05, 0.1) is 11.8 Å². The largest absolute Gasteiger partial charge is 0.469 e. The third-order valence-electron chi connectivity index (χ3n) is 4.97. The minimum Gasteiger partial charge on any atom is -0.469 e. The van der Waals surface area contributed by atoms with Crippen LogP contribution >= 0.6 is 0 Å². The molecule has 3 aromatic carbocycles. The van der Waals surface area contributed by atoms with Crippen LogP contribution in [0.15, 0.2) is 71.8 Å². The van der Waals surface area contributed by atoms with Gasteiger partial charge in [0.25, 0.3) is 0 Å². The highest BCUT2D eigenvalue weighted by atomic mass is 16.5. The third kappa shape index (κ3) is 2.01. The van der Waals surface area contributed by atoms with Crippen molar-refractivity contribution in [1.82, 2.24) is 5.01 Å². The molecule has 2 atom stereocenters. The number of fused-ring (bicyclic) bond motifs is 4. The van der Waals surface area contributed by atoms with Crippen LogP contribution in [0.25, 0.3) is 10.8 Å². The van der Waals surface area contributed by atoms with Crippen LogP contribution in [-0.4, -0.2) is 16.9 Å². The van der Waals surface area contributed by atoms with Crippen LogP contribution < -0.4 is 4.74 Å². The van der Waals surface area contributed by atoms with Gasteiger partial charge >= 0.3 is 0 Å². The van der Waals surface area contributed by atoms with Crippen molar-refractivity contribution in [3.63, 3.8) is 0 Å². The predicted molar refractivity (Wildman–Crippen MR) is 96.2 cm³/mol. The van der Waals surface area contributed by atoms with E-state index < -0.39 is 0 Å². The van der Waals surface area contributed by atoms with E-state index in [0.717, 1.165) is 17.9 Å². The molecule has 0 aliphatic carbocycles. The quantitative estimate of drug-likeness (QED) is 0.648. The SMILES string of the molecule is CC1Oc2ccccc2C2CC(c3ccc4ccccc4c3)=NN12. The second-order valence-corrected chi connectivity index (χ2v) is 6.46. The Kier molecular flexibility index (Phi) is 2.89. The summed E-state index contributed by atoms with van der Waals surface area (Å²) < 4.78 is 6.02. The van der Waals surface area contributed by atoms with Crippen LogP contribution in [0, 0.1) is 0 Å². The highest BCUT2D eigenvalue weighted by molar-refractivity contribution is 6.04. The van der Waals surface area contributed by atoms with Crippen molar-refractivity contribution in [3.8, 4) is 5.75 Å². The minimum atomic E-state index is -0.0390. The Morgan fingerprint density at radius 1 is 0.958 bits per heavy atom. The van der Waals surface area contributed by atoms with Gasteiger partial charge < -0.3 is 4.74 Å². The summed E-state index contributed by atoms with van der Waals surface area (Å²) in [5.41, 5.74) is 3.57. The molecule has 118 valence electrons. The summed E-state index contributed by atoms with van der Waals surface area (Å²) in [6, 6.07) is 23.6. The lowest BCUT2D eigenvalue weighted by atomic mass is 9.95. The first-order valence-electron chi connectivity index (χ1n) is 8.40. The molecule has 3 nitrogen and oxygen atoms in total. The summed E-state index contributed by atoms with van der Waals surface area (Å²) in [6.07, 6.45) is 0.881. The molecule has 2 unspecified atom stereocenters. The maximum absolute atomic E-state index is 6.02. The van der Waals surface area contributed by atoms with E-state index >= 15 is 0 Å². The molecule has 0 spiro atoms. The average Bonchev–Trinajstić information content (AvgIpc) is 3.08. The summed E-state index contributed by atoms with van der Waals surface area (Å²) in [5, 5.41) is 9.52. The molecular weight excluding hydrogens is 296 g/mol. The number of hydrogen-bond donors (Lipinski definition) is 0. The normalized spacial score (nSPS) is 21.9. The molecule has 0 amide bonds. The van der Waals surface area contributed by atoms with Crippen LogP contribution in [0.2, 0.25) is 0 Å². The van der Waals surface area contributed by atoms with Gasteiger partial charge in [-0.3, -0.25) is 5.01 Å². The summed E-state index contributed by atoms with van der Waals surface area (Å²) in [5.74, 6) is 0.987. The van der Waals surface area contributed by atoms with Gasteiger partial charge in [-0.15, -0.1) is 0 Å². The van der Waals surface area contributed by atoms with E-state index in [0.29, 0.717) is 0 Å². The standard InChI is InChI=1S/C21H18N2O/c1-14-23-20(18-8-4-5-9-21(18)24-14)13-19(22-23)17-11-10-15-6-2-3-7-16(15)12-17/h2-12,14,20H,13H2,1H3. The first-order valence-corrected chi connectivity index (χ1v) is 8.40. The molecule has 0 bridgehead atoms. The fourth-order valence-corrected chi connectivity index (χ4v) is 3.76. The summed E-state index contributed by atoms with van der Waals surface area (Å²) in [4.78, 5) is 0. The first-order chi connectivity index (χ1) is 11.8. The van der Waals surface area contributed by atoms with Crippen molar-refractivity contribution in [2.75, 3.05) is 0 Å². The molecule has 0 fully saturated rings. The molecule has 0 saturated heterocycles. The van der Waals surface area contributed by atoms with E-state index in [-0.39, 0.29) is 12.3 Å². The zero-order valence-corrected chi connectivity index (χ0v) is 13.5. The first kappa shape index (κ1) is 13.6. The van der Waals surface area contributed by atoms with Crippen molar-refractivity contribution in [3.05, 3.63) is 77.9 Å². The van der Waals surface area contributed by atoms with E-state index in [1.54, 1.807) is 0 Å². The molecular formula is C21H18N2O. The number of hydrazone groups is 1. The smallest absolute Gasteiger partial charge is 0.185 e. The molecule has 0 saturated carbocycles. The molecule has 3 heteroatoms. The van der Waals surface area contributed by atoms with Crippen LogP contribution in [0.1, 0.15) is 30.5 Å². The Morgan fingerprint density at radius 2 is 1.75 bits per heavy atom. The maximum Gasteiger partial charge on any atom is 0.185 e. The van der Waals surface area contributed by atoms with E-state index in [1.165, 1.54) is 21.9 Å². The topological polar surface area (TPSA) is 24.8 Å². The highest BCUT2D eigenvalue weighted by Gasteiger charge is 2.37. The second-order valence-electron chi connectivity index (χ2n) is 6.46. The molecule has 2 aliphatic heterocycles. The molecule has 2 heterocycles. The monoisotopic (exact) mass is 314 g/mol. The predicted octanol–water partition coefficient (Wildman–Crippen LogP) is 4.73. The Morgan fingerprint density at radius 3 is 2.67 bits per heavy atom. The van der Waals surface area contributed by atoms with Gasteiger partial charge in [-0.1, -0.05) is 54.6 Å². The number of rotatable bonds is 1. The minimum absolute atomic E-state index is 0.0390. The van der Waals surface area contributed by atoms with Gasteiger partial charge in [-0.2, -0.15) is 5.10 Å². The van der Waals surface area contributed by atoms with Crippen molar-refractivity contribution >= 4 is 16.5 Å². The van der Waals surface area contributed by atoms with Crippen LogP contribution in [-0.2, 0) is 0 Å². The zero-order chi connectivity index (χ0) is 16.1. The van der Waals surface area contributed by atoms with E-state index in [9.17, 15) is 0 Å². The van der Waals surface area contributed by atoms with Gasteiger partial charge in [0.1, 0.15) is 5.75 Å². The second kappa shape index (κ2) is 5.10. The molecule has 0 aromatic heterocycles. The van der Waals surface area contributed by atoms with Crippen molar-refractivity contribution in [2.45, 2.75) is 25.6 Å². The maximum atomic E-state index is 6.02. The van der Waals surface area contributed by atoms with Crippen LogP contribution in [0.3, 0.4) is 0 Å². The Labute approximate surface area is 141 Å². The van der Waals surface area contributed by atoms with E-state index in [1.807, 2.05) is 6.07 Å². The molecule has 5 rings (SSSR count). The lowest BCUT2D eigenvalue weighted by molar-refractivity contribution is -0.00334. The van der Waals surface area contributed by atoms with Crippen molar-refractivity contribution < 1.29 is 4.74 Å². The number of ether oxygens (including phenoxy) is 1. The van der Waals surface area contributed by atoms with Crippen LogP contribution in [0.5, 0.6) is 5.75 Å². The lowest BCUT2D eigenvalue weighted by Crippen LogP contribution is -2.37. The van der Waals surface area contributed by atoms with Gasteiger partial charge in [0, 0.05) is 12.0 Å². The fourth-order valence-electron chi connectivity index (χ4n) is 3.76. The summed E-state index contributed by atoms with van der Waals surface area (Å²) >= 11 is 0. The Hall–Kier alpha value is -2.81. The van der Waals surface area contributed by atoms with Crippen molar-refractivity contribution in [2.24, 2.45) is 5.10 Å². The van der Waals surface area contributed by atoms with Crippen LogP contribution in [0.4, 0.5) is 0 Å². The van der Waals surface area contributed by atoms with Gasteiger partial charge in [-0.05, 0) is 35.4 Å². The van der Waals surface area contributed by atoms with Gasteiger partial charge in [0.15, 0.2) is 6.23 Å². The van der Waals surface area contributed by atoms with Gasteiger partial charge in [-0.25, -0.2) is 0 Å². The third-order valence-corrected chi connectivity index (χ3v) is 4.97. The number of hydrogen-bond acceptors (Lipinski definition) is 3. The molecule has 24 heavy (non-hydrogen) atoms. The Bertz CT molecular complexity index is 963.